The molecule has 21 heavy (non-hydrogen) atoms. The van der Waals surface area contributed by atoms with Gasteiger partial charge in [-0.15, -0.1) is 0 Å². The second kappa shape index (κ2) is 7.03. The lowest BCUT2D eigenvalue weighted by atomic mass is 9.99. The van der Waals surface area contributed by atoms with Crippen molar-refractivity contribution in [3.8, 4) is 11.5 Å². The highest BCUT2D eigenvalue weighted by atomic mass is 79.9. The smallest absolute Gasteiger partial charge is 0.145 e. The molecule has 0 radical (unpaired) electrons. The largest absolute Gasteiger partial charge is 0.495 e. The maximum atomic E-state index is 6.34. The first kappa shape index (κ1) is 16.7. The zero-order chi connectivity index (χ0) is 15.6. The predicted molar refractivity (Wildman–Crippen MR) is 94.2 cm³/mol. The van der Waals surface area contributed by atoms with E-state index in [1.54, 1.807) is 14.2 Å². The van der Waals surface area contributed by atoms with E-state index in [4.69, 9.17) is 21.1 Å². The van der Waals surface area contributed by atoms with Gasteiger partial charge in [-0.1, -0.05) is 61.7 Å². The lowest BCUT2D eigenvalue weighted by Crippen LogP contribution is -2.01. The van der Waals surface area contributed by atoms with Crippen molar-refractivity contribution in [1.29, 1.82) is 0 Å². The molecule has 0 heterocycles. The molecule has 2 aromatic carbocycles. The van der Waals surface area contributed by atoms with Crippen molar-refractivity contribution in [2.24, 2.45) is 0 Å². The standard InChI is InChI=1S/C16H15Br2ClO2/c1-9-10(5-4-6-12(9)17)14(18)11-7-8-13(20-2)15(19)16(11)21-3/h4-8,14H,1-3H3. The van der Waals surface area contributed by atoms with Crippen molar-refractivity contribution in [3.63, 3.8) is 0 Å². The summed E-state index contributed by atoms with van der Waals surface area (Å²) in [6.07, 6.45) is 0. The molecular formula is C16H15Br2ClO2. The maximum Gasteiger partial charge on any atom is 0.145 e. The van der Waals surface area contributed by atoms with Gasteiger partial charge in [-0.25, -0.2) is 0 Å². The summed E-state index contributed by atoms with van der Waals surface area (Å²) in [6, 6.07) is 9.93. The zero-order valence-corrected chi connectivity index (χ0v) is 15.8. The SMILES string of the molecule is COc1ccc(C(Br)c2cccc(Br)c2C)c(OC)c1Cl. The zero-order valence-electron chi connectivity index (χ0n) is 11.9. The molecule has 112 valence electrons. The van der Waals surface area contributed by atoms with Crippen molar-refractivity contribution in [1.82, 2.24) is 0 Å². The van der Waals surface area contributed by atoms with E-state index in [1.807, 2.05) is 24.3 Å². The van der Waals surface area contributed by atoms with E-state index in [2.05, 4.69) is 44.8 Å². The van der Waals surface area contributed by atoms with Crippen LogP contribution in [0.2, 0.25) is 5.02 Å². The number of hydrogen-bond acceptors (Lipinski definition) is 2. The van der Waals surface area contributed by atoms with Crippen LogP contribution in [0.25, 0.3) is 0 Å². The summed E-state index contributed by atoms with van der Waals surface area (Å²) < 4.78 is 11.8. The number of benzene rings is 2. The highest BCUT2D eigenvalue weighted by Gasteiger charge is 2.21. The summed E-state index contributed by atoms with van der Waals surface area (Å²) in [5.41, 5.74) is 3.29. The molecule has 0 amide bonds. The van der Waals surface area contributed by atoms with Crippen LogP contribution in [0.15, 0.2) is 34.8 Å². The Kier molecular flexibility index (Phi) is 5.58. The second-order valence-electron chi connectivity index (χ2n) is 4.52. The Morgan fingerprint density at radius 3 is 2.38 bits per heavy atom. The number of hydrogen-bond donors (Lipinski definition) is 0. The summed E-state index contributed by atoms with van der Waals surface area (Å²) in [5, 5.41) is 0.481. The molecule has 2 rings (SSSR count). The summed E-state index contributed by atoms with van der Waals surface area (Å²) in [5.74, 6) is 1.22. The number of methoxy groups -OCH3 is 2. The molecule has 0 saturated carbocycles. The van der Waals surface area contributed by atoms with Crippen LogP contribution in [0, 0.1) is 6.92 Å². The first-order valence-electron chi connectivity index (χ1n) is 6.30. The number of rotatable bonds is 4. The molecule has 0 aliphatic rings. The van der Waals surface area contributed by atoms with Gasteiger partial charge in [0.05, 0.1) is 19.0 Å². The first-order chi connectivity index (χ1) is 10.0. The van der Waals surface area contributed by atoms with Crippen LogP contribution in [0.5, 0.6) is 11.5 Å². The molecule has 5 heteroatoms. The van der Waals surface area contributed by atoms with Gasteiger partial charge in [-0.2, -0.15) is 0 Å². The van der Waals surface area contributed by atoms with E-state index in [-0.39, 0.29) is 4.83 Å². The fourth-order valence-electron chi connectivity index (χ4n) is 2.18. The lowest BCUT2D eigenvalue weighted by Gasteiger charge is -2.19. The topological polar surface area (TPSA) is 18.5 Å². The Hall–Kier alpha value is -0.710. The minimum atomic E-state index is -0.0200. The van der Waals surface area contributed by atoms with Gasteiger partial charge in [0, 0.05) is 10.0 Å². The fourth-order valence-corrected chi connectivity index (χ4v) is 3.75. The van der Waals surface area contributed by atoms with Crippen LogP contribution in [-0.2, 0) is 0 Å². The van der Waals surface area contributed by atoms with Crippen LogP contribution >= 0.6 is 43.5 Å². The molecule has 2 nitrogen and oxygen atoms in total. The van der Waals surface area contributed by atoms with Gasteiger partial charge in [0.2, 0.25) is 0 Å². The second-order valence-corrected chi connectivity index (χ2v) is 6.67. The number of halogens is 3. The van der Waals surface area contributed by atoms with E-state index in [9.17, 15) is 0 Å². The van der Waals surface area contributed by atoms with Gasteiger partial charge in [-0.3, -0.25) is 0 Å². The Morgan fingerprint density at radius 1 is 1.05 bits per heavy atom. The van der Waals surface area contributed by atoms with Crippen LogP contribution in [0.3, 0.4) is 0 Å². The number of ether oxygens (including phenoxy) is 2. The van der Waals surface area contributed by atoms with E-state index in [0.717, 1.165) is 15.6 Å². The van der Waals surface area contributed by atoms with Gasteiger partial charge in [0.1, 0.15) is 16.5 Å². The van der Waals surface area contributed by atoms with Crippen molar-refractivity contribution < 1.29 is 9.47 Å². The molecular weight excluding hydrogens is 419 g/mol. The van der Waals surface area contributed by atoms with Gasteiger partial charge in [0.25, 0.3) is 0 Å². The monoisotopic (exact) mass is 432 g/mol. The van der Waals surface area contributed by atoms with E-state index in [1.165, 1.54) is 5.56 Å². The Balaban J connectivity index is 2.56. The maximum absolute atomic E-state index is 6.34. The van der Waals surface area contributed by atoms with E-state index >= 15 is 0 Å². The normalized spacial score (nSPS) is 12.1. The van der Waals surface area contributed by atoms with Gasteiger partial charge >= 0.3 is 0 Å². The molecule has 0 bridgehead atoms. The highest BCUT2D eigenvalue weighted by Crippen LogP contribution is 2.45. The highest BCUT2D eigenvalue weighted by molar-refractivity contribution is 9.10. The van der Waals surface area contributed by atoms with Crippen LogP contribution in [-0.4, -0.2) is 14.2 Å². The third-order valence-electron chi connectivity index (χ3n) is 3.37. The van der Waals surface area contributed by atoms with Crippen molar-refractivity contribution in [2.75, 3.05) is 14.2 Å². The van der Waals surface area contributed by atoms with Crippen LogP contribution in [0.1, 0.15) is 21.5 Å². The lowest BCUT2D eigenvalue weighted by molar-refractivity contribution is 0.392. The first-order valence-corrected chi connectivity index (χ1v) is 8.39. The molecule has 0 spiro atoms. The molecule has 0 fully saturated rings. The third-order valence-corrected chi connectivity index (χ3v) is 5.58. The average molecular weight is 435 g/mol. The van der Waals surface area contributed by atoms with Gasteiger partial charge in [0.15, 0.2) is 0 Å². The van der Waals surface area contributed by atoms with E-state index < -0.39 is 0 Å². The number of alkyl halides is 1. The predicted octanol–water partition coefficient (Wildman–Crippen LogP) is 5.91. The summed E-state index contributed by atoms with van der Waals surface area (Å²) >= 11 is 13.6. The summed E-state index contributed by atoms with van der Waals surface area (Å²) in [6.45, 7) is 2.07. The molecule has 0 aromatic heterocycles. The average Bonchev–Trinajstić information content (AvgIpc) is 2.49. The van der Waals surface area contributed by atoms with Crippen LogP contribution < -0.4 is 9.47 Å². The van der Waals surface area contributed by atoms with Gasteiger partial charge in [-0.05, 0) is 30.2 Å². The molecule has 2 aromatic rings. The summed E-state index contributed by atoms with van der Waals surface area (Å²) in [7, 11) is 3.20. The van der Waals surface area contributed by atoms with Crippen LogP contribution in [0.4, 0.5) is 0 Å². The molecule has 0 aliphatic heterocycles. The minimum Gasteiger partial charge on any atom is -0.495 e. The molecule has 0 aliphatic carbocycles. The Labute approximate surface area is 146 Å². The van der Waals surface area contributed by atoms with Gasteiger partial charge < -0.3 is 9.47 Å². The Morgan fingerprint density at radius 2 is 1.76 bits per heavy atom. The third kappa shape index (κ3) is 3.22. The fraction of sp³-hybridized carbons (Fsp3) is 0.250. The molecule has 0 saturated heterocycles. The van der Waals surface area contributed by atoms with Crippen molar-refractivity contribution in [2.45, 2.75) is 11.8 Å². The van der Waals surface area contributed by atoms with Crippen molar-refractivity contribution >= 4 is 43.5 Å². The Bertz CT molecular complexity index is 659. The summed E-state index contributed by atoms with van der Waals surface area (Å²) in [4.78, 5) is -0.0200. The molecule has 0 N–H and O–H groups in total. The molecule has 1 unspecified atom stereocenters. The molecule has 1 atom stereocenters. The van der Waals surface area contributed by atoms with Crippen molar-refractivity contribution in [3.05, 3.63) is 56.5 Å². The quantitative estimate of drug-likeness (QED) is 0.557. The van der Waals surface area contributed by atoms with E-state index in [0.29, 0.717) is 16.5 Å². The minimum absolute atomic E-state index is 0.0200.